The van der Waals surface area contributed by atoms with Gasteiger partial charge in [-0.2, -0.15) is 5.10 Å². The summed E-state index contributed by atoms with van der Waals surface area (Å²) >= 11 is 0. The molecule has 2 aromatic rings. The van der Waals surface area contributed by atoms with Crippen molar-refractivity contribution in [3.63, 3.8) is 0 Å². The second-order valence-corrected chi connectivity index (χ2v) is 6.98. The minimum Gasteiger partial charge on any atom is -0.356 e. The van der Waals surface area contributed by atoms with Crippen molar-refractivity contribution in [3.8, 4) is 0 Å². The normalized spacial score (nSPS) is 16.8. The third kappa shape index (κ3) is 3.96. The Morgan fingerprint density at radius 1 is 1.29 bits per heavy atom. The Hall–Kier alpha value is -1.88. The Kier molecular flexibility index (Phi) is 5.51. The lowest BCUT2D eigenvalue weighted by molar-refractivity contribution is -0.126. The number of aryl methyl sites for hydroxylation is 1. The maximum atomic E-state index is 12.3. The molecule has 0 saturated carbocycles. The number of hydrogen-bond donors (Lipinski definition) is 1. The number of nitrogens with zero attached hydrogens (tertiary/aromatic N) is 3. The van der Waals surface area contributed by atoms with Gasteiger partial charge in [0.05, 0.1) is 11.7 Å². The van der Waals surface area contributed by atoms with Gasteiger partial charge in [0.2, 0.25) is 5.91 Å². The molecule has 1 aromatic carbocycles. The van der Waals surface area contributed by atoms with E-state index >= 15 is 0 Å². The zero-order valence-electron chi connectivity index (χ0n) is 14.7. The van der Waals surface area contributed by atoms with E-state index in [0.29, 0.717) is 6.04 Å². The molecule has 5 heteroatoms. The van der Waals surface area contributed by atoms with Gasteiger partial charge in [-0.1, -0.05) is 18.2 Å². The molecule has 0 radical (unpaired) electrons. The molecule has 0 spiro atoms. The molecule has 0 unspecified atom stereocenters. The summed E-state index contributed by atoms with van der Waals surface area (Å²) in [7, 11) is 0. The summed E-state index contributed by atoms with van der Waals surface area (Å²) in [4.78, 5) is 14.7. The van der Waals surface area contributed by atoms with Crippen LogP contribution in [0.1, 0.15) is 33.1 Å². The number of likely N-dealkylation sites (tertiary alicyclic amines) is 1. The minimum atomic E-state index is 0.186. The highest BCUT2D eigenvalue weighted by Crippen LogP contribution is 2.19. The number of fused-ring (bicyclic) bond motifs is 1. The number of hydrogen-bond acceptors (Lipinski definition) is 3. The molecule has 1 aliphatic rings. The van der Waals surface area contributed by atoms with Crippen LogP contribution in [0.15, 0.2) is 30.5 Å². The Morgan fingerprint density at radius 2 is 2.04 bits per heavy atom. The Labute approximate surface area is 144 Å². The van der Waals surface area contributed by atoms with E-state index in [-0.39, 0.29) is 11.8 Å². The van der Waals surface area contributed by atoms with Crippen molar-refractivity contribution in [3.05, 3.63) is 30.5 Å². The van der Waals surface area contributed by atoms with Crippen molar-refractivity contribution < 1.29 is 4.79 Å². The van der Waals surface area contributed by atoms with Crippen LogP contribution in [0.5, 0.6) is 0 Å². The molecule has 24 heavy (non-hydrogen) atoms. The lowest BCUT2D eigenvalue weighted by Gasteiger charge is -2.33. The first-order chi connectivity index (χ1) is 11.6. The van der Waals surface area contributed by atoms with Crippen LogP contribution in [0, 0.1) is 5.92 Å². The fraction of sp³-hybridized carbons (Fsp3) is 0.579. The van der Waals surface area contributed by atoms with Gasteiger partial charge in [0.25, 0.3) is 0 Å². The number of benzene rings is 1. The fourth-order valence-corrected chi connectivity index (χ4v) is 3.47. The van der Waals surface area contributed by atoms with Crippen LogP contribution >= 0.6 is 0 Å². The standard InChI is InChI=1S/C19H28N4O/c1-15(2)22-12-8-16(9-13-22)19(24)20-10-5-11-23-18-7-4-3-6-17(18)14-21-23/h3-4,6-7,14-16H,5,8-13H2,1-2H3,(H,20,24). The number of piperidine rings is 1. The summed E-state index contributed by atoms with van der Waals surface area (Å²) in [5.41, 5.74) is 1.16. The van der Waals surface area contributed by atoms with Crippen LogP contribution in [0.4, 0.5) is 0 Å². The zero-order chi connectivity index (χ0) is 16.9. The monoisotopic (exact) mass is 328 g/mol. The highest BCUT2D eigenvalue weighted by atomic mass is 16.1. The number of carbonyl (C=O) groups is 1. The molecular formula is C19H28N4O. The number of aromatic nitrogens is 2. The summed E-state index contributed by atoms with van der Waals surface area (Å²) in [6, 6.07) is 8.80. The third-order valence-corrected chi connectivity index (χ3v) is 5.03. The Bertz CT molecular complexity index is 671. The molecule has 1 fully saturated rings. The number of carbonyl (C=O) groups excluding carboxylic acids is 1. The van der Waals surface area contributed by atoms with Gasteiger partial charge in [-0.25, -0.2) is 0 Å². The average molecular weight is 328 g/mol. The van der Waals surface area contributed by atoms with Gasteiger partial charge in [-0.15, -0.1) is 0 Å². The van der Waals surface area contributed by atoms with Gasteiger partial charge >= 0.3 is 0 Å². The molecule has 1 aromatic heterocycles. The van der Waals surface area contributed by atoms with Crippen molar-refractivity contribution in [2.45, 2.75) is 45.7 Å². The van der Waals surface area contributed by atoms with Crippen molar-refractivity contribution in [2.24, 2.45) is 5.92 Å². The Morgan fingerprint density at radius 3 is 2.79 bits per heavy atom. The lowest BCUT2D eigenvalue weighted by Crippen LogP contribution is -2.43. The first kappa shape index (κ1) is 17.0. The molecule has 0 atom stereocenters. The molecule has 0 aliphatic carbocycles. The van der Waals surface area contributed by atoms with E-state index in [9.17, 15) is 4.79 Å². The van der Waals surface area contributed by atoms with Gasteiger partial charge in [0.15, 0.2) is 0 Å². The van der Waals surface area contributed by atoms with E-state index in [2.05, 4.69) is 41.3 Å². The highest BCUT2D eigenvalue weighted by molar-refractivity contribution is 5.79. The predicted octanol–water partition coefficient (Wildman–Crippen LogP) is 2.66. The van der Waals surface area contributed by atoms with Crippen LogP contribution in [-0.2, 0) is 11.3 Å². The molecule has 1 N–H and O–H groups in total. The van der Waals surface area contributed by atoms with E-state index < -0.39 is 0 Å². The largest absolute Gasteiger partial charge is 0.356 e. The number of rotatable bonds is 6. The second kappa shape index (κ2) is 7.79. The molecular weight excluding hydrogens is 300 g/mol. The second-order valence-electron chi connectivity index (χ2n) is 6.98. The summed E-state index contributed by atoms with van der Waals surface area (Å²) in [6.45, 7) is 8.07. The minimum absolute atomic E-state index is 0.186. The molecule has 2 heterocycles. The molecule has 1 amide bonds. The number of amides is 1. The van der Waals surface area contributed by atoms with Gasteiger partial charge < -0.3 is 10.2 Å². The SMILES string of the molecule is CC(C)N1CCC(C(=O)NCCCn2ncc3ccccc32)CC1. The van der Waals surface area contributed by atoms with Gasteiger partial charge in [-0.05, 0) is 52.3 Å². The first-order valence-corrected chi connectivity index (χ1v) is 9.07. The van der Waals surface area contributed by atoms with Crippen molar-refractivity contribution in [1.29, 1.82) is 0 Å². The van der Waals surface area contributed by atoms with Crippen LogP contribution in [0.3, 0.4) is 0 Å². The van der Waals surface area contributed by atoms with E-state index in [4.69, 9.17) is 0 Å². The summed E-state index contributed by atoms with van der Waals surface area (Å²) in [6.07, 6.45) is 4.76. The van der Waals surface area contributed by atoms with Crippen molar-refractivity contribution in [1.82, 2.24) is 20.0 Å². The van der Waals surface area contributed by atoms with E-state index in [1.807, 2.05) is 23.0 Å². The summed E-state index contributed by atoms with van der Waals surface area (Å²) < 4.78 is 2.02. The molecule has 1 aliphatic heterocycles. The van der Waals surface area contributed by atoms with E-state index in [1.54, 1.807) is 0 Å². The zero-order valence-corrected chi connectivity index (χ0v) is 14.7. The average Bonchev–Trinajstić information content (AvgIpc) is 3.02. The van der Waals surface area contributed by atoms with Crippen LogP contribution < -0.4 is 5.32 Å². The Balaban J connectivity index is 1.40. The molecule has 1 saturated heterocycles. The maximum Gasteiger partial charge on any atom is 0.223 e. The third-order valence-electron chi connectivity index (χ3n) is 5.03. The van der Waals surface area contributed by atoms with Crippen LogP contribution in [0.25, 0.3) is 10.9 Å². The smallest absolute Gasteiger partial charge is 0.223 e. The fourth-order valence-electron chi connectivity index (χ4n) is 3.47. The lowest BCUT2D eigenvalue weighted by atomic mass is 9.95. The maximum absolute atomic E-state index is 12.3. The van der Waals surface area contributed by atoms with Gasteiger partial charge in [0.1, 0.15) is 0 Å². The van der Waals surface area contributed by atoms with Gasteiger partial charge in [-0.3, -0.25) is 9.48 Å². The summed E-state index contributed by atoms with van der Waals surface area (Å²) in [5.74, 6) is 0.411. The van der Waals surface area contributed by atoms with E-state index in [1.165, 1.54) is 5.39 Å². The first-order valence-electron chi connectivity index (χ1n) is 9.07. The van der Waals surface area contributed by atoms with Crippen molar-refractivity contribution in [2.75, 3.05) is 19.6 Å². The number of nitrogens with one attached hydrogen (secondary N) is 1. The van der Waals surface area contributed by atoms with Crippen LogP contribution in [-0.4, -0.2) is 46.3 Å². The predicted molar refractivity (Wildman–Crippen MR) is 96.8 cm³/mol. The quantitative estimate of drug-likeness (QED) is 0.830. The van der Waals surface area contributed by atoms with Gasteiger partial charge in [0, 0.05) is 30.4 Å². The van der Waals surface area contributed by atoms with Crippen molar-refractivity contribution >= 4 is 16.8 Å². The topological polar surface area (TPSA) is 50.2 Å². The van der Waals surface area contributed by atoms with Crippen LogP contribution in [0.2, 0.25) is 0 Å². The van der Waals surface area contributed by atoms with E-state index in [0.717, 1.165) is 51.0 Å². The summed E-state index contributed by atoms with van der Waals surface area (Å²) in [5, 5.41) is 8.70. The molecule has 3 rings (SSSR count). The highest BCUT2D eigenvalue weighted by Gasteiger charge is 2.25. The number of para-hydroxylation sites is 1. The molecule has 0 bridgehead atoms. The molecule has 5 nitrogen and oxygen atoms in total. The molecule has 130 valence electrons.